The minimum atomic E-state index is 0.469. The van der Waals surface area contributed by atoms with Crippen molar-refractivity contribution in [1.29, 1.82) is 0 Å². The summed E-state index contributed by atoms with van der Waals surface area (Å²) in [4.78, 5) is 4.16. The Bertz CT molecular complexity index is 493. The number of hydrogen-bond donors (Lipinski definition) is 1. The normalized spacial score (nSPS) is 12.3. The summed E-state index contributed by atoms with van der Waals surface area (Å²) in [5, 5.41) is 2.50. The van der Waals surface area contributed by atoms with E-state index in [0.29, 0.717) is 17.7 Å². The average Bonchev–Trinajstić information content (AvgIpc) is 2.82. The van der Waals surface area contributed by atoms with Crippen molar-refractivity contribution in [3.63, 3.8) is 0 Å². The second-order valence-electron chi connectivity index (χ2n) is 4.34. The Kier molecular flexibility index (Phi) is 4.20. The molecule has 0 radical (unpaired) electrons. The van der Waals surface area contributed by atoms with Crippen LogP contribution in [0, 0.1) is 0 Å². The van der Waals surface area contributed by atoms with Crippen LogP contribution in [0.1, 0.15) is 37.4 Å². The van der Waals surface area contributed by atoms with Crippen LogP contribution in [0.2, 0.25) is 0 Å². The number of anilines is 1. The maximum Gasteiger partial charge on any atom is 0.180 e. The lowest BCUT2D eigenvalue weighted by molar-refractivity contribution is 0.302. The number of aromatic nitrogens is 1. The Morgan fingerprint density at radius 3 is 2.61 bits per heavy atom. The van der Waals surface area contributed by atoms with E-state index in [2.05, 4.69) is 31.0 Å². The highest BCUT2D eigenvalue weighted by Crippen LogP contribution is 2.22. The van der Waals surface area contributed by atoms with E-state index in [9.17, 15) is 0 Å². The first-order valence-electron chi connectivity index (χ1n) is 6.11. The van der Waals surface area contributed by atoms with Gasteiger partial charge in [-0.15, -0.1) is 11.3 Å². The topological polar surface area (TPSA) is 48.1 Å². The Morgan fingerprint density at radius 1 is 1.33 bits per heavy atom. The molecule has 96 valence electrons. The molecule has 0 aliphatic heterocycles. The van der Waals surface area contributed by atoms with Gasteiger partial charge in [0.1, 0.15) is 12.4 Å². The second kappa shape index (κ2) is 5.87. The van der Waals surface area contributed by atoms with E-state index < -0.39 is 0 Å². The molecule has 18 heavy (non-hydrogen) atoms. The number of nitrogen functional groups attached to an aromatic ring is 1. The van der Waals surface area contributed by atoms with Crippen LogP contribution in [0.15, 0.2) is 29.6 Å². The molecule has 0 spiro atoms. The number of benzene rings is 1. The highest BCUT2D eigenvalue weighted by atomic mass is 32.1. The van der Waals surface area contributed by atoms with Gasteiger partial charge in [0.2, 0.25) is 0 Å². The molecular weight excluding hydrogens is 244 g/mol. The van der Waals surface area contributed by atoms with Crippen LogP contribution in [0.5, 0.6) is 5.75 Å². The summed E-state index contributed by atoms with van der Waals surface area (Å²) in [6, 6.07) is 8.27. The van der Waals surface area contributed by atoms with Gasteiger partial charge in [-0.25, -0.2) is 4.98 Å². The number of nitrogens with two attached hydrogens (primary N) is 1. The largest absolute Gasteiger partial charge is 0.487 e. The third-order valence-electron chi connectivity index (χ3n) is 3.02. The quantitative estimate of drug-likeness (QED) is 0.891. The smallest absolute Gasteiger partial charge is 0.180 e. The van der Waals surface area contributed by atoms with Gasteiger partial charge in [0.05, 0.1) is 5.69 Å². The van der Waals surface area contributed by atoms with Crippen LogP contribution in [0.3, 0.4) is 0 Å². The van der Waals surface area contributed by atoms with Crippen molar-refractivity contribution in [3.05, 3.63) is 40.9 Å². The molecule has 2 N–H and O–H groups in total. The van der Waals surface area contributed by atoms with Crippen molar-refractivity contribution in [2.75, 3.05) is 5.73 Å². The van der Waals surface area contributed by atoms with Gasteiger partial charge < -0.3 is 10.5 Å². The number of rotatable bonds is 5. The fourth-order valence-corrected chi connectivity index (χ4v) is 2.22. The van der Waals surface area contributed by atoms with Crippen molar-refractivity contribution in [2.24, 2.45) is 0 Å². The molecule has 1 aromatic heterocycles. The molecule has 0 aliphatic rings. The summed E-state index contributed by atoms with van der Waals surface area (Å²) in [6.45, 7) is 4.89. The summed E-state index contributed by atoms with van der Waals surface area (Å²) < 4.78 is 5.66. The lowest BCUT2D eigenvalue weighted by atomic mass is 9.99. The molecule has 2 aromatic rings. The molecule has 3 nitrogen and oxygen atoms in total. The predicted molar refractivity (Wildman–Crippen MR) is 76.0 cm³/mol. The lowest BCUT2D eigenvalue weighted by Gasteiger charge is -2.10. The minimum absolute atomic E-state index is 0.469. The Morgan fingerprint density at radius 2 is 2.06 bits per heavy atom. The van der Waals surface area contributed by atoms with E-state index >= 15 is 0 Å². The predicted octanol–water partition coefficient (Wildman–Crippen LogP) is 3.82. The molecule has 0 aliphatic carbocycles. The first-order valence-corrected chi connectivity index (χ1v) is 6.99. The first kappa shape index (κ1) is 12.9. The van der Waals surface area contributed by atoms with Crippen LogP contribution in [-0.4, -0.2) is 4.98 Å². The van der Waals surface area contributed by atoms with Gasteiger partial charge in [-0.3, -0.25) is 0 Å². The van der Waals surface area contributed by atoms with Gasteiger partial charge in [0.25, 0.3) is 0 Å². The fraction of sp³-hybridized carbons (Fsp3) is 0.357. The van der Waals surface area contributed by atoms with E-state index in [1.807, 2.05) is 17.5 Å². The monoisotopic (exact) mass is 262 g/mol. The van der Waals surface area contributed by atoms with Crippen LogP contribution in [-0.2, 0) is 6.61 Å². The Hall–Kier alpha value is -1.55. The number of hydrogen-bond acceptors (Lipinski definition) is 4. The van der Waals surface area contributed by atoms with Gasteiger partial charge in [0, 0.05) is 5.38 Å². The van der Waals surface area contributed by atoms with Gasteiger partial charge in [0.15, 0.2) is 5.13 Å². The number of ether oxygens (including phenoxy) is 1. The third kappa shape index (κ3) is 3.23. The highest BCUT2D eigenvalue weighted by molar-refractivity contribution is 7.13. The molecule has 0 saturated carbocycles. The standard InChI is InChI=1S/C14H18N2OS/c1-3-10(2)11-4-6-13(7-5-11)17-8-12-9-18-14(15)16-12/h4-7,9-10H,3,8H2,1-2H3,(H2,15,16). The molecule has 2 rings (SSSR count). The zero-order chi connectivity index (χ0) is 13.0. The van der Waals surface area contributed by atoms with E-state index in [1.54, 1.807) is 0 Å². The molecule has 0 amide bonds. The van der Waals surface area contributed by atoms with Crippen molar-refractivity contribution in [3.8, 4) is 5.75 Å². The highest BCUT2D eigenvalue weighted by Gasteiger charge is 2.04. The molecule has 1 unspecified atom stereocenters. The zero-order valence-corrected chi connectivity index (χ0v) is 11.5. The zero-order valence-electron chi connectivity index (χ0n) is 10.7. The maximum atomic E-state index is 5.66. The van der Waals surface area contributed by atoms with Crippen LogP contribution >= 0.6 is 11.3 Å². The Labute approximate surface area is 112 Å². The average molecular weight is 262 g/mol. The molecule has 0 fully saturated rings. The van der Waals surface area contributed by atoms with E-state index in [1.165, 1.54) is 16.9 Å². The summed E-state index contributed by atoms with van der Waals surface area (Å²) in [5.74, 6) is 1.46. The first-order chi connectivity index (χ1) is 8.69. The van der Waals surface area contributed by atoms with Crippen LogP contribution < -0.4 is 10.5 Å². The maximum absolute atomic E-state index is 5.66. The fourth-order valence-electron chi connectivity index (χ4n) is 1.67. The van der Waals surface area contributed by atoms with Crippen molar-refractivity contribution in [2.45, 2.75) is 32.8 Å². The van der Waals surface area contributed by atoms with E-state index in [0.717, 1.165) is 17.9 Å². The van der Waals surface area contributed by atoms with E-state index in [-0.39, 0.29) is 0 Å². The molecule has 4 heteroatoms. The SMILES string of the molecule is CCC(C)c1ccc(OCc2csc(N)n2)cc1. The van der Waals surface area contributed by atoms with Crippen molar-refractivity contribution in [1.82, 2.24) is 4.98 Å². The summed E-state index contributed by atoms with van der Waals surface area (Å²) >= 11 is 1.44. The van der Waals surface area contributed by atoms with Crippen LogP contribution in [0.4, 0.5) is 5.13 Å². The van der Waals surface area contributed by atoms with Gasteiger partial charge in [-0.1, -0.05) is 26.0 Å². The lowest BCUT2D eigenvalue weighted by Crippen LogP contribution is -1.97. The molecule has 1 aromatic carbocycles. The molecule has 0 bridgehead atoms. The third-order valence-corrected chi connectivity index (χ3v) is 3.74. The Balaban J connectivity index is 1.94. The van der Waals surface area contributed by atoms with Crippen molar-refractivity contribution >= 4 is 16.5 Å². The van der Waals surface area contributed by atoms with Crippen LogP contribution in [0.25, 0.3) is 0 Å². The number of nitrogens with zero attached hydrogens (tertiary/aromatic N) is 1. The van der Waals surface area contributed by atoms with Crippen molar-refractivity contribution < 1.29 is 4.74 Å². The molecule has 1 atom stereocenters. The molecule has 1 heterocycles. The van der Waals surface area contributed by atoms with E-state index in [4.69, 9.17) is 10.5 Å². The van der Waals surface area contributed by atoms with Gasteiger partial charge >= 0.3 is 0 Å². The summed E-state index contributed by atoms with van der Waals surface area (Å²) in [5.41, 5.74) is 7.80. The second-order valence-corrected chi connectivity index (χ2v) is 5.23. The molecular formula is C14H18N2OS. The van der Waals surface area contributed by atoms with Gasteiger partial charge in [-0.05, 0) is 30.0 Å². The molecule has 0 saturated heterocycles. The minimum Gasteiger partial charge on any atom is -0.487 e. The summed E-state index contributed by atoms with van der Waals surface area (Å²) in [6.07, 6.45) is 1.15. The number of thiazole rings is 1. The van der Waals surface area contributed by atoms with Gasteiger partial charge in [-0.2, -0.15) is 0 Å². The summed E-state index contributed by atoms with van der Waals surface area (Å²) in [7, 11) is 0.